The summed E-state index contributed by atoms with van der Waals surface area (Å²) in [6, 6.07) is 3.34. The molecule has 1 aliphatic carbocycles. The van der Waals surface area contributed by atoms with Crippen molar-refractivity contribution in [1.29, 1.82) is 0 Å². The number of halogens is 1. The summed E-state index contributed by atoms with van der Waals surface area (Å²) >= 11 is 6.18. The van der Waals surface area contributed by atoms with Gasteiger partial charge in [0.1, 0.15) is 0 Å². The third kappa shape index (κ3) is 3.18. The smallest absolute Gasteiger partial charge is 0.337 e. The molecule has 110 valence electrons. The highest BCUT2D eigenvalue weighted by Crippen LogP contribution is 2.34. The summed E-state index contributed by atoms with van der Waals surface area (Å²) in [5.74, 6) is -0.440. The van der Waals surface area contributed by atoms with E-state index in [-0.39, 0.29) is 11.6 Å². The van der Waals surface area contributed by atoms with Crippen molar-refractivity contribution in [2.24, 2.45) is 5.92 Å². The summed E-state index contributed by atoms with van der Waals surface area (Å²) in [4.78, 5) is 11.4. The number of anilines is 2. The summed E-state index contributed by atoms with van der Waals surface area (Å²) in [6.07, 6.45) is 5.75. The van der Waals surface area contributed by atoms with Crippen molar-refractivity contribution < 1.29 is 9.90 Å². The highest BCUT2D eigenvalue weighted by atomic mass is 35.5. The van der Waals surface area contributed by atoms with Gasteiger partial charge in [-0.25, -0.2) is 4.79 Å². The highest BCUT2D eigenvalue weighted by Gasteiger charge is 2.26. The number of benzene rings is 1. The topological polar surface area (TPSA) is 75.3 Å². The molecule has 2 rings (SSSR count). The van der Waals surface area contributed by atoms with Gasteiger partial charge in [0.25, 0.3) is 0 Å². The van der Waals surface area contributed by atoms with Crippen LogP contribution in [0.15, 0.2) is 12.1 Å². The van der Waals surface area contributed by atoms with Crippen molar-refractivity contribution in [1.82, 2.24) is 0 Å². The molecule has 0 heterocycles. The van der Waals surface area contributed by atoms with Crippen molar-refractivity contribution in [3.63, 3.8) is 0 Å². The second-order valence-corrected chi connectivity index (χ2v) is 5.84. The lowest BCUT2D eigenvalue weighted by Gasteiger charge is -2.33. The molecule has 0 radical (unpaired) electrons. The molecule has 5 heteroatoms. The molecule has 1 aromatic carbocycles. The fraction of sp³-hybridized carbons (Fsp3) is 0.533. The van der Waals surface area contributed by atoms with E-state index < -0.39 is 5.97 Å². The second-order valence-electron chi connectivity index (χ2n) is 5.43. The van der Waals surface area contributed by atoms with E-state index in [2.05, 4.69) is 12.2 Å². The Kier molecular flexibility index (Phi) is 4.76. The summed E-state index contributed by atoms with van der Waals surface area (Å²) in [5, 5.41) is 13.0. The summed E-state index contributed by atoms with van der Waals surface area (Å²) in [5.41, 5.74) is 6.69. The number of carbonyl (C=O) groups is 1. The maximum absolute atomic E-state index is 11.4. The third-order valence-electron chi connectivity index (χ3n) is 4.11. The monoisotopic (exact) mass is 296 g/mol. The second kappa shape index (κ2) is 6.35. The van der Waals surface area contributed by atoms with E-state index in [0.29, 0.717) is 22.3 Å². The Bertz CT molecular complexity index is 505. The van der Waals surface area contributed by atoms with Crippen LogP contribution in [0.4, 0.5) is 11.4 Å². The van der Waals surface area contributed by atoms with E-state index in [9.17, 15) is 9.90 Å². The van der Waals surface area contributed by atoms with E-state index in [1.54, 1.807) is 6.07 Å². The average molecular weight is 297 g/mol. The number of nitrogens with one attached hydrogen (secondary N) is 1. The molecule has 0 bridgehead atoms. The van der Waals surface area contributed by atoms with Crippen LogP contribution in [0.1, 0.15) is 49.4 Å². The maximum atomic E-state index is 11.4. The standard InChI is InChI=1S/C15H21ClN2O2/c1-2-9-5-3-4-6-13(9)18-14-11(15(19)20)7-10(17)8-12(14)16/h7-9,13,18H,2-6,17H2,1H3,(H,19,20). The predicted octanol–water partition coefficient (Wildman–Crippen LogP) is 4.00. The molecule has 2 unspecified atom stereocenters. The van der Waals surface area contributed by atoms with Gasteiger partial charge in [0.2, 0.25) is 0 Å². The third-order valence-corrected chi connectivity index (χ3v) is 4.40. The number of nitrogens with two attached hydrogens (primary N) is 1. The zero-order chi connectivity index (χ0) is 14.7. The number of rotatable bonds is 4. The van der Waals surface area contributed by atoms with Crippen LogP contribution in [0.5, 0.6) is 0 Å². The Morgan fingerprint density at radius 3 is 2.80 bits per heavy atom. The molecule has 0 spiro atoms. The van der Waals surface area contributed by atoms with Crippen molar-refractivity contribution in [3.05, 3.63) is 22.7 Å². The van der Waals surface area contributed by atoms with Crippen LogP contribution in [-0.2, 0) is 0 Å². The molecule has 0 aromatic heterocycles. The Labute approximate surface area is 124 Å². The molecule has 1 aromatic rings. The molecule has 20 heavy (non-hydrogen) atoms. The van der Waals surface area contributed by atoms with Gasteiger partial charge >= 0.3 is 5.97 Å². The SMILES string of the molecule is CCC1CCCCC1Nc1c(Cl)cc(N)cc1C(=O)O. The van der Waals surface area contributed by atoms with Gasteiger partial charge in [-0.2, -0.15) is 0 Å². The van der Waals surface area contributed by atoms with Gasteiger partial charge < -0.3 is 16.2 Å². The highest BCUT2D eigenvalue weighted by molar-refractivity contribution is 6.34. The van der Waals surface area contributed by atoms with Gasteiger partial charge in [0.05, 0.1) is 16.3 Å². The minimum atomic E-state index is -1.01. The number of aromatic carboxylic acids is 1. The largest absolute Gasteiger partial charge is 0.478 e. The molecule has 1 saturated carbocycles. The Balaban J connectivity index is 2.30. The average Bonchev–Trinajstić information content (AvgIpc) is 2.41. The Hall–Kier alpha value is -1.42. The zero-order valence-electron chi connectivity index (χ0n) is 11.7. The Morgan fingerprint density at radius 2 is 2.15 bits per heavy atom. The van der Waals surface area contributed by atoms with Crippen LogP contribution in [0, 0.1) is 5.92 Å². The van der Waals surface area contributed by atoms with Gasteiger partial charge in [0, 0.05) is 11.7 Å². The van der Waals surface area contributed by atoms with Gasteiger partial charge in [-0.3, -0.25) is 0 Å². The first kappa shape index (κ1) is 15.0. The van der Waals surface area contributed by atoms with E-state index in [1.165, 1.54) is 25.3 Å². The number of carboxylic acids is 1. The van der Waals surface area contributed by atoms with Crippen molar-refractivity contribution in [2.45, 2.75) is 45.1 Å². The van der Waals surface area contributed by atoms with E-state index >= 15 is 0 Å². The molecule has 1 aliphatic rings. The van der Waals surface area contributed by atoms with Crippen LogP contribution < -0.4 is 11.1 Å². The van der Waals surface area contributed by atoms with Crippen molar-refractivity contribution in [3.8, 4) is 0 Å². The maximum Gasteiger partial charge on any atom is 0.337 e. The minimum Gasteiger partial charge on any atom is -0.478 e. The van der Waals surface area contributed by atoms with E-state index in [1.807, 2.05) is 0 Å². The lowest BCUT2D eigenvalue weighted by Crippen LogP contribution is -2.32. The molecular formula is C15H21ClN2O2. The van der Waals surface area contributed by atoms with E-state index in [0.717, 1.165) is 12.8 Å². The van der Waals surface area contributed by atoms with Crippen LogP contribution in [-0.4, -0.2) is 17.1 Å². The number of carboxylic acid groups (broad SMARTS) is 1. The first-order valence-electron chi connectivity index (χ1n) is 7.11. The van der Waals surface area contributed by atoms with Crippen LogP contribution in [0.2, 0.25) is 5.02 Å². The van der Waals surface area contributed by atoms with Crippen molar-refractivity contribution >= 4 is 28.9 Å². The fourth-order valence-electron chi connectivity index (χ4n) is 3.01. The molecule has 1 fully saturated rings. The van der Waals surface area contributed by atoms with Crippen LogP contribution in [0.25, 0.3) is 0 Å². The van der Waals surface area contributed by atoms with Gasteiger partial charge in [-0.1, -0.05) is 37.8 Å². The van der Waals surface area contributed by atoms with Gasteiger partial charge in [-0.15, -0.1) is 0 Å². The summed E-state index contributed by atoms with van der Waals surface area (Å²) in [6.45, 7) is 2.17. The van der Waals surface area contributed by atoms with Crippen LogP contribution in [0.3, 0.4) is 0 Å². The summed E-state index contributed by atoms with van der Waals surface area (Å²) in [7, 11) is 0. The van der Waals surface area contributed by atoms with E-state index in [4.69, 9.17) is 17.3 Å². The normalized spacial score (nSPS) is 22.5. The quantitative estimate of drug-likeness (QED) is 0.734. The predicted molar refractivity (Wildman–Crippen MR) is 82.5 cm³/mol. The molecule has 0 saturated heterocycles. The van der Waals surface area contributed by atoms with Crippen LogP contribution >= 0.6 is 11.6 Å². The number of hydrogen-bond acceptors (Lipinski definition) is 3. The molecular weight excluding hydrogens is 276 g/mol. The zero-order valence-corrected chi connectivity index (χ0v) is 12.4. The molecule has 4 N–H and O–H groups in total. The first-order chi connectivity index (χ1) is 9.52. The number of hydrogen-bond donors (Lipinski definition) is 3. The molecule has 0 amide bonds. The molecule has 2 atom stereocenters. The molecule has 4 nitrogen and oxygen atoms in total. The van der Waals surface area contributed by atoms with Gasteiger partial charge in [-0.05, 0) is 30.9 Å². The van der Waals surface area contributed by atoms with Gasteiger partial charge in [0.15, 0.2) is 0 Å². The minimum absolute atomic E-state index is 0.149. The molecule has 0 aliphatic heterocycles. The number of nitrogen functional groups attached to an aromatic ring is 1. The lowest BCUT2D eigenvalue weighted by atomic mass is 9.82. The van der Waals surface area contributed by atoms with Crippen molar-refractivity contribution in [2.75, 3.05) is 11.1 Å². The fourth-order valence-corrected chi connectivity index (χ4v) is 3.30. The first-order valence-corrected chi connectivity index (χ1v) is 7.49. The lowest BCUT2D eigenvalue weighted by molar-refractivity contribution is 0.0698. The summed E-state index contributed by atoms with van der Waals surface area (Å²) < 4.78 is 0. The Morgan fingerprint density at radius 1 is 1.45 bits per heavy atom.